The Morgan fingerprint density at radius 2 is 1.59 bits per heavy atom. The monoisotopic (exact) mass is 485 g/mol. The van der Waals surface area contributed by atoms with Crippen LogP contribution >= 0.6 is 0 Å². The Morgan fingerprint density at radius 1 is 0.912 bits per heavy atom. The number of hydrogen-bond acceptors (Lipinski definition) is 3. The highest BCUT2D eigenvalue weighted by Crippen LogP contribution is 2.28. The molecule has 1 aliphatic heterocycles. The molecule has 0 bridgehead atoms. The Bertz CT molecular complexity index is 1350. The smallest absolute Gasteiger partial charge is 0.316 e. The van der Waals surface area contributed by atoms with Gasteiger partial charge in [-0.15, -0.1) is 0 Å². The summed E-state index contributed by atoms with van der Waals surface area (Å²) in [6.07, 6.45) is 0. The summed E-state index contributed by atoms with van der Waals surface area (Å²) in [5, 5.41) is 2.87. The van der Waals surface area contributed by atoms with Crippen LogP contribution in [0.3, 0.4) is 0 Å². The van der Waals surface area contributed by atoms with Gasteiger partial charge in [-0.2, -0.15) is 0 Å². The lowest BCUT2D eigenvalue weighted by Crippen LogP contribution is -2.30. The van der Waals surface area contributed by atoms with E-state index in [4.69, 9.17) is 0 Å². The van der Waals surface area contributed by atoms with Crippen LogP contribution in [0.15, 0.2) is 65.6 Å². The zero-order valence-corrected chi connectivity index (χ0v) is 19.8. The summed E-state index contributed by atoms with van der Waals surface area (Å²) >= 11 is 0. The SMILES string of the molecule is CC(C)(C)c1ccc(NC(=O)N2Cc3ccc(S(=O)(=O)Nc4ccc(F)cc4F)cc3C2)cc1. The van der Waals surface area contributed by atoms with Crippen molar-refractivity contribution in [1.82, 2.24) is 4.90 Å². The van der Waals surface area contributed by atoms with E-state index >= 15 is 0 Å². The molecule has 0 saturated heterocycles. The van der Waals surface area contributed by atoms with Crippen molar-refractivity contribution in [1.29, 1.82) is 0 Å². The van der Waals surface area contributed by atoms with Gasteiger partial charge in [-0.05, 0) is 58.5 Å². The van der Waals surface area contributed by atoms with Gasteiger partial charge in [0.05, 0.1) is 10.6 Å². The summed E-state index contributed by atoms with van der Waals surface area (Å²) < 4.78 is 54.6. The minimum Gasteiger partial charge on any atom is -0.316 e. The maximum Gasteiger partial charge on any atom is 0.322 e. The first-order chi connectivity index (χ1) is 15.9. The third-order valence-electron chi connectivity index (χ3n) is 5.68. The summed E-state index contributed by atoms with van der Waals surface area (Å²) in [6, 6.07) is 14.5. The lowest BCUT2D eigenvalue weighted by atomic mass is 9.87. The number of fused-ring (bicyclic) bond motifs is 1. The van der Waals surface area contributed by atoms with Gasteiger partial charge in [0, 0.05) is 24.8 Å². The highest BCUT2D eigenvalue weighted by molar-refractivity contribution is 7.92. The van der Waals surface area contributed by atoms with Gasteiger partial charge in [-0.25, -0.2) is 22.0 Å². The number of benzene rings is 3. The van der Waals surface area contributed by atoms with Crippen LogP contribution < -0.4 is 10.0 Å². The number of anilines is 2. The van der Waals surface area contributed by atoms with E-state index in [1.807, 2.05) is 24.3 Å². The number of halogens is 2. The molecule has 0 aliphatic carbocycles. The fourth-order valence-corrected chi connectivity index (χ4v) is 4.83. The third kappa shape index (κ3) is 5.04. The summed E-state index contributed by atoms with van der Waals surface area (Å²) in [7, 11) is -4.10. The van der Waals surface area contributed by atoms with E-state index in [1.54, 1.807) is 11.0 Å². The Labute approximate surface area is 197 Å². The number of amides is 2. The molecule has 1 aliphatic rings. The van der Waals surface area contributed by atoms with E-state index in [9.17, 15) is 22.0 Å². The quantitative estimate of drug-likeness (QED) is 0.504. The third-order valence-corrected chi connectivity index (χ3v) is 7.04. The standard InChI is InChI=1S/C25H25F2N3O3S/c1-25(2,3)18-5-8-20(9-6-18)28-24(31)30-14-16-4-10-21(12-17(16)15-30)34(32,33)29-23-11-7-19(26)13-22(23)27/h4-13,29H,14-15H2,1-3H3,(H,28,31). The van der Waals surface area contributed by atoms with Crippen molar-refractivity contribution >= 4 is 27.4 Å². The molecule has 34 heavy (non-hydrogen) atoms. The molecule has 178 valence electrons. The van der Waals surface area contributed by atoms with Crippen LogP contribution in [0.4, 0.5) is 25.0 Å². The molecule has 0 spiro atoms. The van der Waals surface area contributed by atoms with Crippen LogP contribution in [0.1, 0.15) is 37.5 Å². The second-order valence-electron chi connectivity index (χ2n) is 9.27. The Balaban J connectivity index is 1.45. The molecule has 2 N–H and O–H groups in total. The van der Waals surface area contributed by atoms with E-state index in [0.717, 1.165) is 23.3 Å². The number of urea groups is 1. The predicted molar refractivity (Wildman–Crippen MR) is 127 cm³/mol. The summed E-state index contributed by atoms with van der Waals surface area (Å²) in [6.45, 7) is 6.91. The minimum atomic E-state index is -4.10. The normalized spacial score (nSPS) is 13.5. The molecule has 3 aromatic carbocycles. The number of nitrogens with one attached hydrogen (secondary N) is 2. The van der Waals surface area contributed by atoms with Crippen LogP contribution in [-0.4, -0.2) is 19.3 Å². The molecule has 0 unspecified atom stereocenters. The van der Waals surface area contributed by atoms with Crippen molar-refractivity contribution in [3.05, 3.63) is 89.0 Å². The summed E-state index contributed by atoms with van der Waals surface area (Å²) in [5.74, 6) is -1.82. The van der Waals surface area contributed by atoms with Crippen molar-refractivity contribution < 1.29 is 22.0 Å². The second kappa shape index (κ2) is 8.72. The molecule has 0 saturated carbocycles. The average Bonchev–Trinajstić information content (AvgIpc) is 3.19. The molecule has 3 aromatic rings. The number of nitrogens with zero attached hydrogens (tertiary/aromatic N) is 1. The first kappa shape index (κ1) is 23.7. The second-order valence-corrected chi connectivity index (χ2v) is 11.0. The Kier molecular flexibility index (Phi) is 6.07. The largest absolute Gasteiger partial charge is 0.322 e. The molecule has 9 heteroatoms. The number of hydrogen-bond donors (Lipinski definition) is 2. The van der Waals surface area contributed by atoms with Crippen molar-refractivity contribution in [3.8, 4) is 0 Å². The minimum absolute atomic E-state index is 0.00844. The van der Waals surface area contributed by atoms with E-state index in [1.165, 1.54) is 12.1 Å². The molecule has 2 amide bonds. The van der Waals surface area contributed by atoms with E-state index in [0.29, 0.717) is 23.9 Å². The van der Waals surface area contributed by atoms with Gasteiger partial charge < -0.3 is 10.2 Å². The van der Waals surface area contributed by atoms with Crippen LogP contribution in [0.2, 0.25) is 0 Å². The van der Waals surface area contributed by atoms with Gasteiger partial charge in [-0.1, -0.05) is 39.0 Å². The molecule has 0 atom stereocenters. The zero-order chi connectivity index (χ0) is 24.7. The van der Waals surface area contributed by atoms with Crippen LogP contribution in [0.25, 0.3) is 0 Å². The van der Waals surface area contributed by atoms with Crippen molar-refractivity contribution in [2.45, 2.75) is 44.2 Å². The van der Waals surface area contributed by atoms with E-state index < -0.39 is 21.7 Å². The topological polar surface area (TPSA) is 78.5 Å². The van der Waals surface area contributed by atoms with E-state index in [-0.39, 0.29) is 28.6 Å². The van der Waals surface area contributed by atoms with E-state index in [2.05, 4.69) is 30.8 Å². The number of carbonyl (C=O) groups excluding carboxylic acids is 1. The van der Waals surface area contributed by atoms with Gasteiger partial charge in [-0.3, -0.25) is 4.72 Å². The highest BCUT2D eigenvalue weighted by atomic mass is 32.2. The number of rotatable bonds is 4. The molecular formula is C25H25F2N3O3S. The van der Waals surface area contributed by atoms with Crippen LogP contribution in [0.5, 0.6) is 0 Å². The first-order valence-corrected chi connectivity index (χ1v) is 12.2. The van der Waals surface area contributed by atoms with Gasteiger partial charge in [0.15, 0.2) is 0 Å². The summed E-state index contributed by atoms with van der Waals surface area (Å²) in [4.78, 5) is 14.3. The van der Waals surface area contributed by atoms with Crippen molar-refractivity contribution in [2.75, 3.05) is 10.0 Å². The highest BCUT2D eigenvalue weighted by Gasteiger charge is 2.26. The molecule has 1 heterocycles. The van der Waals surface area contributed by atoms with Gasteiger partial charge >= 0.3 is 6.03 Å². The van der Waals surface area contributed by atoms with Gasteiger partial charge in [0.25, 0.3) is 10.0 Å². The maximum atomic E-state index is 13.9. The van der Waals surface area contributed by atoms with Crippen LogP contribution in [-0.2, 0) is 28.5 Å². The average molecular weight is 486 g/mol. The fraction of sp³-hybridized carbons (Fsp3) is 0.240. The lowest BCUT2D eigenvalue weighted by Gasteiger charge is -2.20. The van der Waals surface area contributed by atoms with Gasteiger partial charge in [0.1, 0.15) is 11.6 Å². The van der Waals surface area contributed by atoms with Crippen molar-refractivity contribution in [2.24, 2.45) is 0 Å². The maximum absolute atomic E-state index is 13.9. The molecule has 0 fully saturated rings. The zero-order valence-electron chi connectivity index (χ0n) is 19.0. The molecule has 4 rings (SSSR count). The first-order valence-electron chi connectivity index (χ1n) is 10.7. The molecule has 6 nitrogen and oxygen atoms in total. The predicted octanol–water partition coefficient (Wildman–Crippen LogP) is 5.61. The Hall–Kier alpha value is -3.46. The molecular weight excluding hydrogens is 460 g/mol. The lowest BCUT2D eigenvalue weighted by molar-refractivity contribution is 0.212. The molecule has 0 radical (unpaired) electrons. The number of carbonyl (C=O) groups is 1. The molecule has 0 aromatic heterocycles. The summed E-state index contributed by atoms with van der Waals surface area (Å²) in [5.41, 5.74) is 2.99. The number of sulfonamides is 1. The van der Waals surface area contributed by atoms with Gasteiger partial charge in [0.2, 0.25) is 0 Å². The van der Waals surface area contributed by atoms with Crippen molar-refractivity contribution in [3.63, 3.8) is 0 Å². The fourth-order valence-electron chi connectivity index (χ4n) is 3.71. The van der Waals surface area contributed by atoms with Crippen LogP contribution in [0, 0.1) is 11.6 Å². The Morgan fingerprint density at radius 3 is 2.24 bits per heavy atom.